The Morgan fingerprint density at radius 3 is 2.13 bits per heavy atom. The molecule has 0 aromatic carbocycles. The third kappa shape index (κ3) is 4.19. The smallest absolute Gasteiger partial charge is 0.407 e. The highest BCUT2D eigenvalue weighted by molar-refractivity contribution is 6.67. The first-order valence-electron chi connectivity index (χ1n) is 5.13. The number of rotatable bonds is 7. The number of nitrogens with zero attached hydrogens (tertiary/aromatic N) is 1. The topological polar surface area (TPSA) is 59.0 Å². The van der Waals surface area contributed by atoms with Crippen molar-refractivity contribution in [2.45, 2.75) is 25.9 Å². The summed E-state index contributed by atoms with van der Waals surface area (Å²) < 4.78 is 10.8. The van der Waals surface area contributed by atoms with E-state index in [1.54, 1.807) is 14.2 Å². The second-order valence-electron chi connectivity index (χ2n) is 3.28. The van der Waals surface area contributed by atoms with Gasteiger partial charge in [0.05, 0.1) is 0 Å². The SMILES string of the molecule is CCN(CC[Si](CC)(OC)OC)C(=O)O. The van der Waals surface area contributed by atoms with E-state index in [0.29, 0.717) is 19.1 Å². The molecule has 0 atom stereocenters. The highest BCUT2D eigenvalue weighted by atomic mass is 28.4. The molecule has 1 N–H and O–H groups in total. The zero-order chi connectivity index (χ0) is 11.9. The molecule has 0 radical (unpaired) electrons. The van der Waals surface area contributed by atoms with Crippen molar-refractivity contribution in [3.05, 3.63) is 0 Å². The standard InChI is InChI=1S/C9H21NO4Si/c1-5-10(9(11)12)7-8-15(6-2,13-3)14-4/h5-8H2,1-4H3,(H,11,12). The maximum absolute atomic E-state index is 10.8. The van der Waals surface area contributed by atoms with Crippen molar-refractivity contribution in [3.63, 3.8) is 0 Å². The van der Waals surface area contributed by atoms with Gasteiger partial charge in [0.2, 0.25) is 0 Å². The predicted octanol–water partition coefficient (Wildman–Crippen LogP) is 1.74. The summed E-state index contributed by atoms with van der Waals surface area (Å²) in [5, 5.41) is 8.85. The molecular weight excluding hydrogens is 214 g/mol. The minimum absolute atomic E-state index is 0.480. The van der Waals surface area contributed by atoms with Gasteiger partial charge in [0.1, 0.15) is 0 Å². The van der Waals surface area contributed by atoms with Crippen LogP contribution in [-0.2, 0) is 8.85 Å². The normalized spacial score (nSPS) is 11.5. The van der Waals surface area contributed by atoms with Gasteiger partial charge in [-0.05, 0) is 13.0 Å². The van der Waals surface area contributed by atoms with Gasteiger partial charge in [0.25, 0.3) is 0 Å². The number of carboxylic acid groups (broad SMARTS) is 1. The lowest BCUT2D eigenvalue weighted by molar-refractivity contribution is 0.148. The molecule has 0 unspecified atom stereocenters. The van der Waals surface area contributed by atoms with Gasteiger partial charge < -0.3 is 18.9 Å². The average Bonchev–Trinajstić information content (AvgIpc) is 2.25. The molecule has 0 fully saturated rings. The first-order chi connectivity index (χ1) is 7.05. The van der Waals surface area contributed by atoms with E-state index < -0.39 is 14.7 Å². The second-order valence-corrected chi connectivity index (χ2v) is 7.13. The lowest BCUT2D eigenvalue weighted by Gasteiger charge is -2.28. The largest absolute Gasteiger partial charge is 0.465 e. The summed E-state index contributed by atoms with van der Waals surface area (Å²) in [4.78, 5) is 12.1. The molecule has 0 saturated carbocycles. The Balaban J connectivity index is 4.25. The number of carbonyl (C=O) groups is 1. The van der Waals surface area contributed by atoms with Gasteiger partial charge in [-0.25, -0.2) is 4.79 Å². The van der Waals surface area contributed by atoms with Crippen LogP contribution in [0.3, 0.4) is 0 Å². The van der Waals surface area contributed by atoms with Gasteiger partial charge in [-0.15, -0.1) is 0 Å². The lowest BCUT2D eigenvalue weighted by atomic mass is 10.5. The van der Waals surface area contributed by atoms with Crippen LogP contribution in [0, 0.1) is 0 Å². The van der Waals surface area contributed by atoms with E-state index in [1.165, 1.54) is 4.90 Å². The van der Waals surface area contributed by atoms with Gasteiger partial charge in [0, 0.05) is 33.4 Å². The monoisotopic (exact) mass is 235 g/mol. The molecular formula is C9H21NO4Si. The number of hydrogen-bond acceptors (Lipinski definition) is 3. The van der Waals surface area contributed by atoms with Crippen molar-refractivity contribution in [2.75, 3.05) is 27.3 Å². The van der Waals surface area contributed by atoms with E-state index in [4.69, 9.17) is 14.0 Å². The number of hydrogen-bond donors (Lipinski definition) is 1. The molecule has 0 aliphatic heterocycles. The molecule has 0 aromatic rings. The van der Waals surface area contributed by atoms with Crippen molar-refractivity contribution in [1.29, 1.82) is 0 Å². The van der Waals surface area contributed by atoms with Crippen LogP contribution in [0.2, 0.25) is 12.1 Å². The van der Waals surface area contributed by atoms with Crippen LogP contribution in [-0.4, -0.2) is 52.0 Å². The van der Waals surface area contributed by atoms with Crippen LogP contribution in [0.25, 0.3) is 0 Å². The van der Waals surface area contributed by atoms with Crippen LogP contribution >= 0.6 is 0 Å². The summed E-state index contributed by atoms with van der Waals surface area (Å²) in [5.74, 6) is 0. The molecule has 0 aliphatic carbocycles. The Morgan fingerprint density at radius 2 is 1.87 bits per heavy atom. The van der Waals surface area contributed by atoms with Gasteiger partial charge in [-0.2, -0.15) is 0 Å². The van der Waals surface area contributed by atoms with E-state index in [9.17, 15) is 4.79 Å². The Kier molecular flexibility index (Phi) is 6.54. The van der Waals surface area contributed by atoms with Crippen molar-refractivity contribution < 1.29 is 18.8 Å². The predicted molar refractivity (Wildman–Crippen MR) is 60.3 cm³/mol. The fourth-order valence-corrected chi connectivity index (χ4v) is 3.56. The van der Waals surface area contributed by atoms with E-state index in [2.05, 4.69) is 0 Å². The summed E-state index contributed by atoms with van der Waals surface area (Å²) in [6.45, 7) is 4.81. The maximum Gasteiger partial charge on any atom is 0.407 e. The summed E-state index contributed by atoms with van der Waals surface area (Å²) in [6, 6.07) is 1.51. The van der Waals surface area contributed by atoms with Gasteiger partial charge in [-0.3, -0.25) is 0 Å². The zero-order valence-corrected chi connectivity index (χ0v) is 10.9. The van der Waals surface area contributed by atoms with Crippen molar-refractivity contribution in [1.82, 2.24) is 4.90 Å². The van der Waals surface area contributed by atoms with Crippen LogP contribution < -0.4 is 0 Å². The fourth-order valence-electron chi connectivity index (χ4n) is 1.45. The van der Waals surface area contributed by atoms with Crippen LogP contribution in [0.4, 0.5) is 4.79 Å². The molecule has 0 rings (SSSR count). The molecule has 0 heterocycles. The van der Waals surface area contributed by atoms with Gasteiger partial charge in [0.15, 0.2) is 0 Å². The maximum atomic E-state index is 10.8. The van der Waals surface area contributed by atoms with Crippen LogP contribution in [0.15, 0.2) is 0 Å². The molecule has 0 bridgehead atoms. The van der Waals surface area contributed by atoms with Crippen molar-refractivity contribution in [2.24, 2.45) is 0 Å². The summed E-state index contributed by atoms with van der Waals surface area (Å²) in [7, 11) is 1.12. The minimum atomic E-state index is -2.15. The molecule has 1 amide bonds. The third-order valence-corrected chi connectivity index (χ3v) is 6.25. The van der Waals surface area contributed by atoms with Crippen LogP contribution in [0.5, 0.6) is 0 Å². The lowest BCUT2D eigenvalue weighted by Crippen LogP contribution is -2.43. The van der Waals surface area contributed by atoms with E-state index in [1.807, 2.05) is 13.8 Å². The molecule has 90 valence electrons. The Bertz CT molecular complexity index is 188. The van der Waals surface area contributed by atoms with E-state index in [0.717, 1.165) is 6.04 Å². The molecule has 6 heteroatoms. The van der Waals surface area contributed by atoms with Gasteiger partial charge in [-0.1, -0.05) is 6.92 Å². The first-order valence-corrected chi connectivity index (χ1v) is 7.36. The Labute approximate surface area is 92.2 Å². The van der Waals surface area contributed by atoms with Crippen LogP contribution in [0.1, 0.15) is 13.8 Å². The molecule has 0 saturated heterocycles. The molecule has 15 heavy (non-hydrogen) atoms. The zero-order valence-electron chi connectivity index (χ0n) is 9.95. The van der Waals surface area contributed by atoms with Crippen molar-refractivity contribution >= 4 is 14.7 Å². The summed E-state index contributed by atoms with van der Waals surface area (Å²) in [6.07, 6.45) is -0.885. The second kappa shape index (κ2) is 6.81. The van der Waals surface area contributed by atoms with E-state index in [-0.39, 0.29) is 0 Å². The first kappa shape index (κ1) is 14.4. The van der Waals surface area contributed by atoms with E-state index >= 15 is 0 Å². The highest BCUT2D eigenvalue weighted by Crippen LogP contribution is 2.17. The summed E-state index contributed by atoms with van der Waals surface area (Å²) >= 11 is 0. The molecule has 0 aromatic heterocycles. The average molecular weight is 235 g/mol. The Morgan fingerprint density at radius 1 is 1.33 bits per heavy atom. The quantitative estimate of drug-likeness (QED) is 0.683. The fraction of sp³-hybridized carbons (Fsp3) is 0.889. The number of amides is 1. The molecule has 0 aliphatic rings. The molecule has 5 nitrogen and oxygen atoms in total. The third-order valence-electron chi connectivity index (χ3n) is 2.70. The van der Waals surface area contributed by atoms with Crippen molar-refractivity contribution in [3.8, 4) is 0 Å². The molecule has 0 spiro atoms. The summed E-state index contributed by atoms with van der Waals surface area (Å²) in [5.41, 5.74) is 0. The minimum Gasteiger partial charge on any atom is -0.465 e. The van der Waals surface area contributed by atoms with Gasteiger partial charge >= 0.3 is 14.7 Å². The highest BCUT2D eigenvalue weighted by Gasteiger charge is 2.33. The Hall–Kier alpha value is -0.593.